The van der Waals surface area contributed by atoms with Gasteiger partial charge in [-0.05, 0) is 51.4 Å². The topological polar surface area (TPSA) is 95.9 Å². The highest BCUT2D eigenvalue weighted by Gasteiger charge is 2.20. The van der Waals surface area contributed by atoms with Crippen LogP contribution in [-0.2, 0) is 14.3 Å². The third-order valence-corrected chi connectivity index (χ3v) is 15.1. The van der Waals surface area contributed by atoms with Gasteiger partial charge in [0.25, 0.3) is 0 Å². The van der Waals surface area contributed by atoms with Crippen LogP contribution in [0.2, 0.25) is 0 Å². The van der Waals surface area contributed by atoms with E-state index < -0.39 is 12.1 Å². The van der Waals surface area contributed by atoms with E-state index >= 15 is 0 Å². The highest BCUT2D eigenvalue weighted by molar-refractivity contribution is 5.76. The van der Waals surface area contributed by atoms with E-state index in [-0.39, 0.29) is 18.5 Å². The lowest BCUT2D eigenvalue weighted by Gasteiger charge is -2.22. The molecule has 0 aromatic carbocycles. The zero-order valence-electron chi connectivity index (χ0n) is 47.5. The number of carbonyl (C=O) groups is 2. The second-order valence-corrected chi connectivity index (χ2v) is 22.1. The first-order valence-electron chi connectivity index (χ1n) is 31.9. The van der Waals surface area contributed by atoms with Crippen LogP contribution in [-0.4, -0.2) is 47.4 Å². The number of aliphatic hydroxyl groups is 2. The summed E-state index contributed by atoms with van der Waals surface area (Å²) in [7, 11) is 0. The number of allylic oxidation sites excluding steroid dienone is 2. The molecule has 0 aliphatic heterocycles. The summed E-state index contributed by atoms with van der Waals surface area (Å²) in [5.74, 6) is -0.0334. The molecule has 6 nitrogen and oxygen atoms in total. The molecule has 416 valence electrons. The average molecular weight is 989 g/mol. The molecule has 0 rings (SSSR count). The van der Waals surface area contributed by atoms with Crippen molar-refractivity contribution in [3.63, 3.8) is 0 Å². The molecular weight excluding hydrogens is 863 g/mol. The highest BCUT2D eigenvalue weighted by Crippen LogP contribution is 2.18. The average Bonchev–Trinajstić information content (AvgIpc) is 3.36. The lowest BCUT2D eigenvalue weighted by atomic mass is 10.0. The summed E-state index contributed by atoms with van der Waals surface area (Å²) in [6.07, 6.45) is 72.2. The van der Waals surface area contributed by atoms with E-state index in [0.717, 1.165) is 44.9 Å². The Hall–Kier alpha value is -1.40. The van der Waals surface area contributed by atoms with Crippen LogP contribution in [0.4, 0.5) is 0 Å². The fourth-order valence-corrected chi connectivity index (χ4v) is 10.2. The van der Waals surface area contributed by atoms with E-state index in [0.29, 0.717) is 25.9 Å². The SMILES string of the molecule is CCCCCCCC/C=C\CCCCCCCCCC(=O)OCCCCCCCCCCCCCCCCCCCC(=O)NC(CO)C(O)CCCCCCCCCCCCCCCCCCCCC. The molecule has 70 heavy (non-hydrogen) atoms. The Balaban J connectivity index is 3.40. The van der Waals surface area contributed by atoms with Gasteiger partial charge in [0.1, 0.15) is 0 Å². The molecule has 1 amide bonds. The van der Waals surface area contributed by atoms with E-state index in [2.05, 4.69) is 31.3 Å². The highest BCUT2D eigenvalue weighted by atomic mass is 16.5. The maximum Gasteiger partial charge on any atom is 0.305 e. The molecule has 0 saturated heterocycles. The Labute approximate surface area is 438 Å². The molecule has 0 fully saturated rings. The third-order valence-electron chi connectivity index (χ3n) is 15.1. The van der Waals surface area contributed by atoms with Crippen LogP contribution in [0.15, 0.2) is 12.2 Å². The van der Waals surface area contributed by atoms with Crippen LogP contribution in [0.1, 0.15) is 361 Å². The fourth-order valence-electron chi connectivity index (χ4n) is 10.2. The van der Waals surface area contributed by atoms with Gasteiger partial charge < -0.3 is 20.3 Å². The normalized spacial score (nSPS) is 12.6. The Morgan fingerprint density at radius 2 is 0.671 bits per heavy atom. The number of amides is 1. The molecule has 6 heteroatoms. The number of carbonyl (C=O) groups excluding carboxylic acids is 2. The van der Waals surface area contributed by atoms with Crippen LogP contribution in [0.5, 0.6) is 0 Å². The van der Waals surface area contributed by atoms with Crippen molar-refractivity contribution < 1.29 is 24.5 Å². The van der Waals surface area contributed by atoms with Crippen LogP contribution < -0.4 is 5.32 Å². The van der Waals surface area contributed by atoms with E-state index in [9.17, 15) is 19.8 Å². The number of ether oxygens (including phenoxy) is 1. The van der Waals surface area contributed by atoms with Crippen molar-refractivity contribution in [2.75, 3.05) is 13.2 Å². The zero-order chi connectivity index (χ0) is 50.7. The molecule has 0 aromatic heterocycles. The molecule has 0 heterocycles. The first-order valence-corrected chi connectivity index (χ1v) is 31.9. The van der Waals surface area contributed by atoms with Crippen LogP contribution in [0.25, 0.3) is 0 Å². The lowest BCUT2D eigenvalue weighted by molar-refractivity contribution is -0.143. The maximum atomic E-state index is 12.5. The van der Waals surface area contributed by atoms with Gasteiger partial charge in [0.2, 0.25) is 5.91 Å². The minimum absolute atomic E-state index is 0.00319. The van der Waals surface area contributed by atoms with Crippen molar-refractivity contribution in [1.82, 2.24) is 5.32 Å². The van der Waals surface area contributed by atoms with Gasteiger partial charge in [-0.15, -0.1) is 0 Å². The van der Waals surface area contributed by atoms with Gasteiger partial charge in [-0.25, -0.2) is 0 Å². The summed E-state index contributed by atoms with van der Waals surface area (Å²) < 4.78 is 5.49. The molecule has 0 bridgehead atoms. The summed E-state index contributed by atoms with van der Waals surface area (Å²) in [6.45, 7) is 4.97. The number of hydrogen-bond acceptors (Lipinski definition) is 5. The van der Waals surface area contributed by atoms with Gasteiger partial charge in [-0.1, -0.05) is 309 Å². The number of nitrogens with one attached hydrogen (secondary N) is 1. The Morgan fingerprint density at radius 1 is 0.386 bits per heavy atom. The van der Waals surface area contributed by atoms with E-state index in [4.69, 9.17) is 4.74 Å². The van der Waals surface area contributed by atoms with Gasteiger partial charge in [-0.2, -0.15) is 0 Å². The Kier molecular flexibility index (Phi) is 59.0. The summed E-state index contributed by atoms with van der Waals surface area (Å²) in [6, 6.07) is -0.546. The minimum Gasteiger partial charge on any atom is -0.466 e. The summed E-state index contributed by atoms with van der Waals surface area (Å²) >= 11 is 0. The predicted octanol–water partition coefficient (Wildman–Crippen LogP) is 20.0. The van der Waals surface area contributed by atoms with Crippen molar-refractivity contribution in [2.45, 2.75) is 373 Å². The smallest absolute Gasteiger partial charge is 0.305 e. The van der Waals surface area contributed by atoms with E-state index in [1.807, 2.05) is 0 Å². The predicted molar refractivity (Wildman–Crippen MR) is 306 cm³/mol. The van der Waals surface area contributed by atoms with Crippen LogP contribution >= 0.6 is 0 Å². The van der Waals surface area contributed by atoms with Crippen LogP contribution in [0.3, 0.4) is 0 Å². The van der Waals surface area contributed by atoms with Gasteiger partial charge in [-0.3, -0.25) is 9.59 Å². The second kappa shape index (κ2) is 60.2. The van der Waals surface area contributed by atoms with E-state index in [1.165, 1.54) is 283 Å². The molecule has 0 saturated carbocycles. The molecule has 3 N–H and O–H groups in total. The lowest BCUT2D eigenvalue weighted by Crippen LogP contribution is -2.45. The number of esters is 1. The molecule has 0 spiro atoms. The third kappa shape index (κ3) is 55.9. The van der Waals surface area contributed by atoms with Crippen LogP contribution in [0, 0.1) is 0 Å². The largest absolute Gasteiger partial charge is 0.466 e. The molecule has 0 radical (unpaired) electrons. The van der Waals surface area contributed by atoms with Gasteiger partial charge >= 0.3 is 5.97 Å². The summed E-state index contributed by atoms with van der Waals surface area (Å²) in [4.78, 5) is 24.6. The molecular formula is C64H125NO5. The van der Waals surface area contributed by atoms with Crippen molar-refractivity contribution in [1.29, 1.82) is 0 Å². The Bertz CT molecular complexity index is 1050. The van der Waals surface area contributed by atoms with Crippen molar-refractivity contribution in [3.8, 4) is 0 Å². The standard InChI is InChI=1S/C64H125NO5/c1-3-5-7-9-11-13-15-17-19-21-22-25-28-32-36-40-44-48-52-56-62(67)61(60-66)65-63(68)57-53-49-45-41-37-33-29-26-23-27-31-35-39-43-47-51-55-59-70-64(69)58-54-50-46-42-38-34-30-24-20-18-16-14-12-10-8-6-4-2/h18,20,61-62,66-67H,3-17,19,21-60H2,1-2H3,(H,65,68)/b20-18-. The minimum atomic E-state index is -0.668. The maximum absolute atomic E-state index is 12.5. The summed E-state index contributed by atoms with van der Waals surface area (Å²) in [5.41, 5.74) is 0. The fraction of sp³-hybridized carbons (Fsp3) is 0.938. The van der Waals surface area contributed by atoms with Crippen molar-refractivity contribution in [3.05, 3.63) is 12.2 Å². The summed E-state index contributed by atoms with van der Waals surface area (Å²) in [5, 5.41) is 23.4. The first kappa shape index (κ1) is 68.6. The monoisotopic (exact) mass is 988 g/mol. The van der Waals surface area contributed by atoms with Gasteiger partial charge in [0.05, 0.1) is 25.4 Å². The number of hydrogen-bond donors (Lipinski definition) is 3. The first-order chi connectivity index (χ1) is 34.5. The number of unbranched alkanes of at least 4 members (excludes halogenated alkanes) is 47. The second-order valence-electron chi connectivity index (χ2n) is 22.1. The van der Waals surface area contributed by atoms with Gasteiger partial charge in [0.15, 0.2) is 0 Å². The van der Waals surface area contributed by atoms with Crippen molar-refractivity contribution >= 4 is 11.9 Å². The van der Waals surface area contributed by atoms with Crippen molar-refractivity contribution in [2.24, 2.45) is 0 Å². The van der Waals surface area contributed by atoms with E-state index in [1.54, 1.807) is 0 Å². The molecule has 0 aliphatic carbocycles. The zero-order valence-corrected chi connectivity index (χ0v) is 47.5. The number of aliphatic hydroxyl groups excluding tert-OH is 2. The molecule has 2 unspecified atom stereocenters. The Morgan fingerprint density at radius 3 is 1.01 bits per heavy atom. The van der Waals surface area contributed by atoms with Gasteiger partial charge in [0, 0.05) is 12.8 Å². The molecule has 0 aromatic rings. The number of rotatable bonds is 60. The molecule has 2 atom stereocenters. The molecule has 0 aliphatic rings. The quantitative estimate of drug-likeness (QED) is 0.0321.